The largest absolute Gasteiger partial charge is 0.383 e. The molecule has 3 heteroatoms. The van der Waals surface area contributed by atoms with Crippen molar-refractivity contribution in [2.75, 3.05) is 0 Å². The number of hydrogen-bond donors (Lipinski definition) is 1. The fraction of sp³-hybridized carbons (Fsp3) is 0.0200. The van der Waals surface area contributed by atoms with Gasteiger partial charge in [0.1, 0.15) is 5.84 Å². The van der Waals surface area contributed by atoms with E-state index in [2.05, 4.69) is 168 Å². The highest BCUT2D eigenvalue weighted by Crippen LogP contribution is 2.37. The number of nitrogens with two attached hydrogens (primary N) is 1. The quantitative estimate of drug-likeness (QED) is 0.126. The van der Waals surface area contributed by atoms with Gasteiger partial charge in [-0.2, -0.15) is 0 Å². The number of aromatic nitrogens is 1. The smallest absolute Gasteiger partial charge is 0.131 e. The van der Waals surface area contributed by atoms with Crippen LogP contribution in [0.5, 0.6) is 0 Å². The summed E-state index contributed by atoms with van der Waals surface area (Å²) in [5.41, 5.74) is 19.0. The van der Waals surface area contributed by atoms with Gasteiger partial charge in [0.25, 0.3) is 0 Å². The van der Waals surface area contributed by atoms with Crippen LogP contribution in [0.1, 0.15) is 16.7 Å². The molecular weight excluding hydrogens is 643 g/mol. The van der Waals surface area contributed by atoms with Gasteiger partial charge in [-0.15, -0.1) is 0 Å². The normalized spacial score (nSPS) is 12.2. The molecule has 0 radical (unpaired) electrons. The minimum absolute atomic E-state index is 0.491. The maximum absolute atomic E-state index is 6.68. The van der Waals surface area contributed by atoms with Crippen molar-refractivity contribution in [1.82, 2.24) is 4.57 Å². The molecule has 0 amide bonds. The zero-order chi connectivity index (χ0) is 35.6. The number of amidine groups is 1. The number of rotatable bonds is 8. The van der Waals surface area contributed by atoms with Gasteiger partial charge in [-0.1, -0.05) is 176 Å². The summed E-state index contributed by atoms with van der Waals surface area (Å²) in [5, 5.41) is 4.82. The number of allylic oxidation sites excluding steroid dienone is 1. The van der Waals surface area contributed by atoms with Crippen molar-refractivity contribution in [1.29, 1.82) is 0 Å². The highest BCUT2D eigenvalue weighted by Gasteiger charge is 2.14. The number of benzene rings is 8. The number of aliphatic imine (C=N–C) groups is 1. The Hall–Kier alpha value is -6.97. The third kappa shape index (κ3) is 6.19. The molecule has 0 aliphatic heterocycles. The summed E-state index contributed by atoms with van der Waals surface area (Å²) in [6.45, 7) is 0. The van der Waals surface area contributed by atoms with Crippen molar-refractivity contribution in [3.05, 3.63) is 217 Å². The Labute approximate surface area is 309 Å². The van der Waals surface area contributed by atoms with Crippen molar-refractivity contribution >= 4 is 44.1 Å². The Balaban J connectivity index is 1.10. The summed E-state index contributed by atoms with van der Waals surface area (Å²) in [6.07, 6.45) is 2.92. The Morgan fingerprint density at radius 1 is 0.472 bits per heavy atom. The van der Waals surface area contributed by atoms with Gasteiger partial charge in [0, 0.05) is 27.6 Å². The molecule has 0 saturated carbocycles. The third-order valence-corrected chi connectivity index (χ3v) is 10.1. The standard InChI is InChI=1S/C50H37N3/c51-50(39-15-5-2-6-16-39)52-47(34-25-35-23-26-37(27-24-35)36-13-3-1-4-14-36)44-33-32-41(42-17-7-8-18-43(42)44)38-28-30-40(31-29-38)53-48-21-11-9-19-45(48)46-20-10-12-22-49(46)53/h1-24,26-34H,25H2,(H2,51,52)/b47-34-. The second-order valence-electron chi connectivity index (χ2n) is 13.3. The van der Waals surface area contributed by atoms with Crippen molar-refractivity contribution in [2.45, 2.75) is 6.42 Å². The van der Waals surface area contributed by atoms with E-state index in [1.165, 1.54) is 49.4 Å². The number of para-hydroxylation sites is 2. The molecule has 0 saturated heterocycles. The van der Waals surface area contributed by atoms with Gasteiger partial charge in [-0.05, 0) is 69.3 Å². The minimum atomic E-state index is 0.491. The first-order valence-corrected chi connectivity index (χ1v) is 18.1. The van der Waals surface area contributed by atoms with E-state index in [1.807, 2.05) is 36.4 Å². The zero-order valence-electron chi connectivity index (χ0n) is 29.2. The van der Waals surface area contributed by atoms with E-state index in [-0.39, 0.29) is 0 Å². The molecule has 0 spiro atoms. The maximum atomic E-state index is 6.68. The summed E-state index contributed by atoms with van der Waals surface area (Å²) < 4.78 is 2.36. The lowest BCUT2D eigenvalue weighted by atomic mass is 9.93. The molecule has 252 valence electrons. The van der Waals surface area contributed by atoms with Crippen LogP contribution in [0.25, 0.3) is 66.2 Å². The molecule has 0 unspecified atom stereocenters. The van der Waals surface area contributed by atoms with Gasteiger partial charge < -0.3 is 10.3 Å². The molecule has 0 fully saturated rings. The Morgan fingerprint density at radius 3 is 1.66 bits per heavy atom. The summed E-state index contributed by atoms with van der Waals surface area (Å²) in [4.78, 5) is 5.09. The fourth-order valence-electron chi connectivity index (χ4n) is 7.46. The monoisotopic (exact) mass is 679 g/mol. The van der Waals surface area contributed by atoms with Crippen LogP contribution in [0.15, 0.2) is 205 Å². The zero-order valence-corrected chi connectivity index (χ0v) is 29.2. The van der Waals surface area contributed by atoms with Crippen molar-refractivity contribution in [3.8, 4) is 27.9 Å². The molecule has 0 atom stereocenters. The van der Waals surface area contributed by atoms with E-state index < -0.39 is 0 Å². The van der Waals surface area contributed by atoms with Gasteiger partial charge in [0.15, 0.2) is 0 Å². The first-order valence-electron chi connectivity index (χ1n) is 18.1. The van der Waals surface area contributed by atoms with Gasteiger partial charge in [-0.25, -0.2) is 4.99 Å². The number of fused-ring (bicyclic) bond motifs is 4. The SMILES string of the molecule is NC(=N/C(=C\Cc1ccc(-c2ccccc2)cc1)c1ccc(-c2ccc(-n3c4ccccc4c4ccccc43)cc2)c2ccccc12)c1ccccc1. The maximum Gasteiger partial charge on any atom is 0.131 e. The van der Waals surface area contributed by atoms with Crippen LogP contribution in [0.2, 0.25) is 0 Å². The third-order valence-electron chi connectivity index (χ3n) is 10.1. The topological polar surface area (TPSA) is 43.3 Å². The molecule has 1 aromatic heterocycles. The molecule has 8 aromatic carbocycles. The highest BCUT2D eigenvalue weighted by atomic mass is 15.0. The van der Waals surface area contributed by atoms with Crippen LogP contribution in [0.4, 0.5) is 0 Å². The molecular formula is C50H37N3. The molecule has 0 aliphatic rings. The molecule has 9 rings (SSSR count). The highest BCUT2D eigenvalue weighted by molar-refractivity contribution is 6.09. The van der Waals surface area contributed by atoms with E-state index in [0.29, 0.717) is 5.84 Å². The van der Waals surface area contributed by atoms with Gasteiger partial charge >= 0.3 is 0 Å². The van der Waals surface area contributed by atoms with Crippen molar-refractivity contribution in [3.63, 3.8) is 0 Å². The fourth-order valence-corrected chi connectivity index (χ4v) is 7.46. The van der Waals surface area contributed by atoms with Gasteiger partial charge in [-0.3, -0.25) is 0 Å². The van der Waals surface area contributed by atoms with Crippen LogP contribution in [-0.4, -0.2) is 10.4 Å². The van der Waals surface area contributed by atoms with Crippen LogP contribution >= 0.6 is 0 Å². The van der Waals surface area contributed by atoms with Gasteiger partial charge in [0.2, 0.25) is 0 Å². The van der Waals surface area contributed by atoms with Crippen LogP contribution < -0.4 is 5.73 Å². The summed E-state index contributed by atoms with van der Waals surface area (Å²) in [5.74, 6) is 0.491. The Bertz CT molecular complexity index is 2720. The predicted molar refractivity (Wildman–Crippen MR) is 224 cm³/mol. The van der Waals surface area contributed by atoms with Crippen LogP contribution in [0.3, 0.4) is 0 Å². The Morgan fingerprint density at radius 2 is 1.00 bits per heavy atom. The van der Waals surface area contributed by atoms with E-state index in [9.17, 15) is 0 Å². The summed E-state index contributed by atoms with van der Waals surface area (Å²) in [7, 11) is 0. The lowest BCUT2D eigenvalue weighted by Crippen LogP contribution is -2.13. The molecule has 1 heterocycles. The predicted octanol–water partition coefficient (Wildman–Crippen LogP) is 12.3. The molecule has 0 bridgehead atoms. The molecule has 3 nitrogen and oxygen atoms in total. The molecule has 2 N–H and O–H groups in total. The number of hydrogen-bond acceptors (Lipinski definition) is 1. The van der Waals surface area contributed by atoms with E-state index in [1.54, 1.807) is 0 Å². The second-order valence-corrected chi connectivity index (χ2v) is 13.3. The second kappa shape index (κ2) is 14.0. The van der Waals surface area contributed by atoms with Crippen LogP contribution in [-0.2, 0) is 6.42 Å². The summed E-state index contributed by atoms with van der Waals surface area (Å²) in [6, 6.07) is 68.5. The first-order chi connectivity index (χ1) is 26.2. The van der Waals surface area contributed by atoms with Crippen molar-refractivity contribution < 1.29 is 0 Å². The Kier molecular flexibility index (Phi) is 8.43. The molecule has 53 heavy (non-hydrogen) atoms. The lowest BCUT2D eigenvalue weighted by Gasteiger charge is -2.14. The molecule has 0 aliphatic carbocycles. The van der Waals surface area contributed by atoms with Crippen molar-refractivity contribution in [2.24, 2.45) is 10.7 Å². The van der Waals surface area contributed by atoms with Crippen LogP contribution in [0, 0.1) is 0 Å². The molecule has 9 aromatic rings. The average molecular weight is 680 g/mol. The van der Waals surface area contributed by atoms with E-state index >= 15 is 0 Å². The summed E-state index contributed by atoms with van der Waals surface area (Å²) >= 11 is 0. The van der Waals surface area contributed by atoms with Gasteiger partial charge in [0.05, 0.1) is 16.7 Å². The number of nitrogens with zero attached hydrogens (tertiary/aromatic N) is 2. The average Bonchev–Trinajstić information content (AvgIpc) is 3.57. The lowest BCUT2D eigenvalue weighted by molar-refractivity contribution is 1.18. The van der Waals surface area contributed by atoms with E-state index in [4.69, 9.17) is 10.7 Å². The minimum Gasteiger partial charge on any atom is -0.383 e. The first kappa shape index (κ1) is 32.0. The van der Waals surface area contributed by atoms with E-state index in [0.717, 1.165) is 39.9 Å².